The van der Waals surface area contributed by atoms with Crippen LogP contribution in [0.3, 0.4) is 0 Å². The molecule has 0 aromatic carbocycles. The second kappa shape index (κ2) is 5.16. The Morgan fingerprint density at radius 3 is 2.80 bits per heavy atom. The quantitative estimate of drug-likeness (QED) is 0.556. The average molecular weight is 213 g/mol. The lowest BCUT2D eigenvalue weighted by atomic mass is 9.99. The molecular formula is C10H16FN3O. The summed E-state index contributed by atoms with van der Waals surface area (Å²) in [5.41, 5.74) is 2.91. The first kappa shape index (κ1) is 12.0. The molecule has 3 N–H and O–H groups in total. The van der Waals surface area contributed by atoms with Gasteiger partial charge in [-0.05, 0) is 19.1 Å². The number of halogens is 1. The number of pyridine rings is 1. The van der Waals surface area contributed by atoms with Gasteiger partial charge in [0.05, 0.1) is 11.8 Å². The summed E-state index contributed by atoms with van der Waals surface area (Å²) in [6, 6.07) is 3.03. The molecule has 0 saturated carbocycles. The molecular weight excluding hydrogens is 197 g/mol. The van der Waals surface area contributed by atoms with Crippen LogP contribution in [0.2, 0.25) is 0 Å². The Balaban J connectivity index is 2.70. The molecule has 5 heteroatoms. The first-order chi connectivity index (χ1) is 7.09. The second-order valence-electron chi connectivity index (χ2n) is 3.68. The monoisotopic (exact) mass is 213 g/mol. The van der Waals surface area contributed by atoms with Gasteiger partial charge in [0.15, 0.2) is 0 Å². The van der Waals surface area contributed by atoms with E-state index in [2.05, 4.69) is 10.4 Å². The van der Waals surface area contributed by atoms with Crippen molar-refractivity contribution in [1.82, 2.24) is 10.4 Å². The summed E-state index contributed by atoms with van der Waals surface area (Å²) in [7, 11) is 1.61. The molecule has 15 heavy (non-hydrogen) atoms. The highest BCUT2D eigenvalue weighted by atomic mass is 19.1. The van der Waals surface area contributed by atoms with E-state index in [4.69, 9.17) is 10.6 Å². The molecule has 4 nitrogen and oxygen atoms in total. The van der Waals surface area contributed by atoms with Crippen molar-refractivity contribution in [3.63, 3.8) is 0 Å². The first-order valence-electron chi connectivity index (χ1n) is 4.69. The van der Waals surface area contributed by atoms with Crippen LogP contribution in [0.25, 0.3) is 0 Å². The largest absolute Gasteiger partial charge is 0.377 e. The van der Waals surface area contributed by atoms with E-state index >= 15 is 0 Å². The van der Waals surface area contributed by atoms with Crippen molar-refractivity contribution in [2.24, 2.45) is 5.84 Å². The van der Waals surface area contributed by atoms with Crippen molar-refractivity contribution in [3.05, 3.63) is 29.8 Å². The Morgan fingerprint density at radius 1 is 1.60 bits per heavy atom. The molecule has 1 atom stereocenters. The highest BCUT2D eigenvalue weighted by molar-refractivity contribution is 5.08. The Hall–Kier alpha value is -1.04. The zero-order valence-corrected chi connectivity index (χ0v) is 8.96. The van der Waals surface area contributed by atoms with Gasteiger partial charge >= 0.3 is 0 Å². The summed E-state index contributed by atoms with van der Waals surface area (Å²) < 4.78 is 18.0. The van der Waals surface area contributed by atoms with E-state index in [0.717, 1.165) is 5.69 Å². The van der Waals surface area contributed by atoms with Crippen molar-refractivity contribution in [1.29, 1.82) is 0 Å². The highest BCUT2D eigenvalue weighted by Gasteiger charge is 2.23. The zero-order chi connectivity index (χ0) is 11.3. The maximum absolute atomic E-state index is 12.6. The summed E-state index contributed by atoms with van der Waals surface area (Å²) in [5, 5.41) is 0. The number of rotatable bonds is 5. The molecule has 0 fully saturated rings. The topological polar surface area (TPSA) is 60.2 Å². The minimum absolute atomic E-state index is 0.338. The van der Waals surface area contributed by atoms with E-state index in [1.54, 1.807) is 13.2 Å². The van der Waals surface area contributed by atoms with Crippen molar-refractivity contribution >= 4 is 0 Å². The van der Waals surface area contributed by atoms with Gasteiger partial charge in [0, 0.05) is 25.8 Å². The molecule has 0 spiro atoms. The number of hydrogen-bond donors (Lipinski definition) is 2. The van der Waals surface area contributed by atoms with Gasteiger partial charge < -0.3 is 4.74 Å². The normalized spacial score (nSPS) is 14.9. The fourth-order valence-electron chi connectivity index (χ4n) is 1.32. The van der Waals surface area contributed by atoms with Crippen molar-refractivity contribution in [2.45, 2.75) is 18.9 Å². The van der Waals surface area contributed by atoms with Gasteiger partial charge in [0.25, 0.3) is 0 Å². The lowest BCUT2D eigenvalue weighted by Crippen LogP contribution is -2.44. The summed E-state index contributed by atoms with van der Waals surface area (Å²) >= 11 is 0. The third kappa shape index (κ3) is 3.54. The van der Waals surface area contributed by atoms with E-state index in [9.17, 15) is 4.39 Å². The van der Waals surface area contributed by atoms with Crippen LogP contribution in [0, 0.1) is 5.82 Å². The molecule has 1 rings (SSSR count). The van der Waals surface area contributed by atoms with Crippen LogP contribution in [0.5, 0.6) is 0 Å². The van der Waals surface area contributed by atoms with Crippen molar-refractivity contribution < 1.29 is 9.13 Å². The minimum Gasteiger partial charge on any atom is -0.377 e. The maximum Gasteiger partial charge on any atom is 0.141 e. The van der Waals surface area contributed by atoms with Crippen LogP contribution >= 0.6 is 0 Å². The van der Waals surface area contributed by atoms with Gasteiger partial charge in [-0.1, -0.05) is 0 Å². The van der Waals surface area contributed by atoms with Gasteiger partial charge in [0.2, 0.25) is 0 Å². The van der Waals surface area contributed by atoms with E-state index < -0.39 is 5.60 Å². The number of methoxy groups -OCH3 is 1. The van der Waals surface area contributed by atoms with Gasteiger partial charge in [-0.15, -0.1) is 0 Å². The van der Waals surface area contributed by atoms with E-state index in [1.165, 1.54) is 12.3 Å². The Bertz CT molecular complexity index is 304. The van der Waals surface area contributed by atoms with Gasteiger partial charge in [-0.2, -0.15) is 0 Å². The molecule has 0 amide bonds. The van der Waals surface area contributed by atoms with Crippen LogP contribution in [-0.4, -0.2) is 24.2 Å². The summed E-state index contributed by atoms with van der Waals surface area (Å²) in [4.78, 5) is 3.97. The van der Waals surface area contributed by atoms with Crippen molar-refractivity contribution in [2.75, 3.05) is 13.7 Å². The third-order valence-electron chi connectivity index (χ3n) is 2.31. The summed E-state index contributed by atoms with van der Waals surface area (Å²) in [6.45, 7) is 2.42. The molecule has 84 valence electrons. The number of nitrogens with zero attached hydrogens (tertiary/aromatic N) is 1. The fourth-order valence-corrected chi connectivity index (χ4v) is 1.32. The molecule has 0 aliphatic carbocycles. The van der Waals surface area contributed by atoms with Crippen LogP contribution < -0.4 is 11.3 Å². The predicted molar refractivity (Wildman–Crippen MR) is 55.5 cm³/mol. The molecule has 0 aliphatic rings. The lowest BCUT2D eigenvalue weighted by Gasteiger charge is -2.27. The van der Waals surface area contributed by atoms with Crippen LogP contribution in [-0.2, 0) is 11.2 Å². The number of aromatic nitrogens is 1. The molecule has 0 saturated heterocycles. The SMILES string of the molecule is COC(C)(CNN)Cc1ccc(F)cn1. The maximum atomic E-state index is 12.6. The molecule has 1 unspecified atom stereocenters. The smallest absolute Gasteiger partial charge is 0.141 e. The lowest BCUT2D eigenvalue weighted by molar-refractivity contribution is 0.00653. The zero-order valence-electron chi connectivity index (χ0n) is 8.96. The Labute approximate surface area is 88.6 Å². The standard InChI is InChI=1S/C10H16FN3O/c1-10(15-2,7-14-12)5-9-4-3-8(11)6-13-9/h3-4,6,14H,5,7,12H2,1-2H3. The van der Waals surface area contributed by atoms with E-state index in [-0.39, 0.29) is 5.82 Å². The Kier molecular flexibility index (Phi) is 4.14. The molecule has 1 aromatic heterocycles. The van der Waals surface area contributed by atoms with Gasteiger partial charge in [0.1, 0.15) is 5.82 Å². The third-order valence-corrected chi connectivity index (χ3v) is 2.31. The number of ether oxygens (including phenoxy) is 1. The van der Waals surface area contributed by atoms with Gasteiger partial charge in [-0.25, -0.2) is 4.39 Å². The van der Waals surface area contributed by atoms with Crippen LogP contribution in [0.15, 0.2) is 18.3 Å². The highest BCUT2D eigenvalue weighted by Crippen LogP contribution is 2.14. The Morgan fingerprint density at radius 2 is 2.33 bits per heavy atom. The number of nitrogens with two attached hydrogens (primary N) is 1. The van der Waals surface area contributed by atoms with E-state index in [0.29, 0.717) is 13.0 Å². The number of nitrogens with one attached hydrogen (secondary N) is 1. The van der Waals surface area contributed by atoms with E-state index in [1.807, 2.05) is 6.92 Å². The summed E-state index contributed by atoms with van der Waals surface area (Å²) in [5.74, 6) is 4.92. The van der Waals surface area contributed by atoms with Crippen LogP contribution in [0.4, 0.5) is 4.39 Å². The average Bonchev–Trinajstić information content (AvgIpc) is 2.22. The second-order valence-corrected chi connectivity index (χ2v) is 3.68. The minimum atomic E-state index is -0.431. The molecule has 1 aromatic rings. The molecule has 1 heterocycles. The van der Waals surface area contributed by atoms with Crippen molar-refractivity contribution in [3.8, 4) is 0 Å². The summed E-state index contributed by atoms with van der Waals surface area (Å²) in [6.07, 6.45) is 1.77. The number of hydrazine groups is 1. The molecule has 0 aliphatic heterocycles. The number of hydrogen-bond acceptors (Lipinski definition) is 4. The predicted octanol–water partition coefficient (Wildman–Crippen LogP) is 0.632. The molecule has 0 bridgehead atoms. The van der Waals surface area contributed by atoms with Crippen LogP contribution in [0.1, 0.15) is 12.6 Å². The molecule has 0 radical (unpaired) electrons. The first-order valence-corrected chi connectivity index (χ1v) is 4.69. The van der Waals surface area contributed by atoms with Gasteiger partial charge in [-0.3, -0.25) is 16.3 Å². The fraction of sp³-hybridized carbons (Fsp3) is 0.500.